The van der Waals surface area contributed by atoms with Gasteiger partial charge in [0.2, 0.25) is 0 Å². The molecule has 3 heteroatoms. The van der Waals surface area contributed by atoms with Gasteiger partial charge in [0.05, 0.1) is 5.04 Å². The molecule has 0 radical (unpaired) electrons. The molecule has 1 aliphatic rings. The highest BCUT2D eigenvalue weighted by atomic mass is 32.1. The molecule has 1 N–H and O–H groups in total. The molecule has 42 valence electrons. The standard InChI is InChI=1S/C5H6N2S/c6-4-1-2-7-5(8)3-4/h1-2,6H,3H2,(H,7,8). The fraction of sp³-hybridized carbons (Fsp3) is 0.200. The van der Waals surface area contributed by atoms with Gasteiger partial charge in [-0.1, -0.05) is 0 Å². The first-order chi connectivity index (χ1) is 3.79. The lowest BCUT2D eigenvalue weighted by molar-refractivity contribution is 1.39. The lowest BCUT2D eigenvalue weighted by Gasteiger charge is -1.99. The van der Waals surface area contributed by atoms with Crippen LogP contribution in [0.5, 0.6) is 0 Å². The van der Waals surface area contributed by atoms with E-state index in [0.29, 0.717) is 12.1 Å². The second-order valence-electron chi connectivity index (χ2n) is 1.56. The maximum atomic E-state index is 7.10. The average Bonchev–Trinajstić information content (AvgIpc) is 1.64. The van der Waals surface area contributed by atoms with E-state index in [9.17, 15) is 0 Å². The van der Waals surface area contributed by atoms with Crippen LogP contribution in [-0.4, -0.2) is 10.8 Å². The van der Waals surface area contributed by atoms with Gasteiger partial charge in [-0.25, -0.2) is 0 Å². The predicted octanol–water partition coefficient (Wildman–Crippen LogP) is 1.25. The van der Waals surface area contributed by atoms with Crippen LogP contribution in [0.3, 0.4) is 0 Å². The Kier molecular flexibility index (Phi) is 1.48. The Morgan fingerprint density at radius 1 is 1.75 bits per heavy atom. The molecule has 0 fully saturated rings. The van der Waals surface area contributed by atoms with Gasteiger partial charge in [0.1, 0.15) is 0 Å². The van der Waals surface area contributed by atoms with E-state index in [2.05, 4.69) is 17.6 Å². The smallest absolute Gasteiger partial charge is 0.0760 e. The maximum absolute atomic E-state index is 7.10. The summed E-state index contributed by atoms with van der Waals surface area (Å²) in [5.41, 5.74) is 0.574. The number of aliphatic imine (C=N–C) groups is 1. The Balaban J connectivity index is 2.73. The molecule has 8 heavy (non-hydrogen) atoms. The van der Waals surface area contributed by atoms with Crippen LogP contribution in [0, 0.1) is 5.41 Å². The summed E-state index contributed by atoms with van der Waals surface area (Å²) in [7, 11) is 0. The van der Waals surface area contributed by atoms with Crippen LogP contribution in [-0.2, 0) is 0 Å². The first-order valence-corrected chi connectivity index (χ1v) is 2.73. The lowest BCUT2D eigenvalue weighted by Crippen LogP contribution is -2.01. The van der Waals surface area contributed by atoms with E-state index in [0.717, 1.165) is 5.04 Å². The summed E-state index contributed by atoms with van der Waals surface area (Å²) in [6.45, 7) is 0. The Morgan fingerprint density at radius 3 is 2.88 bits per heavy atom. The van der Waals surface area contributed by atoms with Gasteiger partial charge in [0, 0.05) is 18.3 Å². The van der Waals surface area contributed by atoms with Crippen LogP contribution >= 0.6 is 12.6 Å². The molecule has 0 aliphatic carbocycles. The third-order valence-electron chi connectivity index (χ3n) is 0.848. The zero-order chi connectivity index (χ0) is 5.98. The summed E-state index contributed by atoms with van der Waals surface area (Å²) in [6, 6.07) is 0. The van der Waals surface area contributed by atoms with E-state index in [1.165, 1.54) is 0 Å². The first-order valence-electron chi connectivity index (χ1n) is 2.28. The van der Waals surface area contributed by atoms with Crippen molar-refractivity contribution in [3.05, 3.63) is 12.3 Å². The number of nitrogens with zero attached hydrogens (tertiary/aromatic N) is 1. The fourth-order valence-corrected chi connectivity index (χ4v) is 0.725. The largest absolute Gasteiger partial charge is 0.305 e. The molecular formula is C5H6N2S. The molecule has 0 atom stereocenters. The van der Waals surface area contributed by atoms with Gasteiger partial charge in [-0.3, -0.25) is 4.99 Å². The Bertz CT molecular complexity index is 169. The van der Waals surface area contributed by atoms with Crippen LogP contribution < -0.4 is 0 Å². The number of rotatable bonds is 0. The van der Waals surface area contributed by atoms with Crippen molar-refractivity contribution in [1.82, 2.24) is 0 Å². The minimum absolute atomic E-state index is 0.574. The van der Waals surface area contributed by atoms with Crippen molar-refractivity contribution in [2.75, 3.05) is 0 Å². The van der Waals surface area contributed by atoms with Crippen molar-refractivity contribution in [3.8, 4) is 0 Å². The molecule has 1 rings (SSSR count). The Morgan fingerprint density at radius 2 is 2.50 bits per heavy atom. The monoisotopic (exact) mass is 126 g/mol. The summed E-state index contributed by atoms with van der Waals surface area (Å²) in [5, 5.41) is 7.82. The topological polar surface area (TPSA) is 36.2 Å². The van der Waals surface area contributed by atoms with E-state index in [1.807, 2.05) is 0 Å². The SMILES string of the molecule is N=C1C=CN=C(S)C1. The normalized spacial score (nSPS) is 18.6. The van der Waals surface area contributed by atoms with E-state index < -0.39 is 0 Å². The second kappa shape index (κ2) is 2.13. The number of allylic oxidation sites excluding steroid dienone is 1. The van der Waals surface area contributed by atoms with Crippen molar-refractivity contribution >= 4 is 23.4 Å². The number of thiol groups is 1. The van der Waals surface area contributed by atoms with Crippen molar-refractivity contribution in [2.45, 2.75) is 6.42 Å². The molecule has 1 aliphatic heterocycles. The zero-order valence-electron chi connectivity index (χ0n) is 4.26. The molecular weight excluding hydrogens is 120 g/mol. The van der Waals surface area contributed by atoms with Crippen LogP contribution in [0.25, 0.3) is 0 Å². The number of hydrogen-bond acceptors (Lipinski definition) is 2. The first kappa shape index (κ1) is 5.56. The molecule has 0 bridgehead atoms. The predicted molar refractivity (Wildman–Crippen MR) is 37.9 cm³/mol. The lowest BCUT2D eigenvalue weighted by atomic mass is 10.2. The molecule has 0 unspecified atom stereocenters. The summed E-state index contributed by atoms with van der Waals surface area (Å²) < 4.78 is 0. The molecule has 0 spiro atoms. The van der Waals surface area contributed by atoms with E-state index in [4.69, 9.17) is 5.41 Å². The van der Waals surface area contributed by atoms with E-state index in [1.54, 1.807) is 12.3 Å². The highest BCUT2D eigenvalue weighted by molar-refractivity contribution is 7.97. The average molecular weight is 126 g/mol. The number of hydrogen-bond donors (Lipinski definition) is 2. The minimum atomic E-state index is 0.574. The van der Waals surface area contributed by atoms with E-state index >= 15 is 0 Å². The van der Waals surface area contributed by atoms with Gasteiger partial charge in [-0.15, -0.1) is 12.6 Å². The maximum Gasteiger partial charge on any atom is 0.0760 e. The second-order valence-corrected chi connectivity index (χ2v) is 2.08. The Labute approximate surface area is 53.2 Å². The van der Waals surface area contributed by atoms with Crippen molar-refractivity contribution < 1.29 is 0 Å². The highest BCUT2D eigenvalue weighted by Crippen LogP contribution is 2.01. The minimum Gasteiger partial charge on any atom is -0.305 e. The third-order valence-corrected chi connectivity index (χ3v) is 1.12. The molecule has 0 aromatic heterocycles. The van der Waals surface area contributed by atoms with Gasteiger partial charge in [-0.2, -0.15) is 0 Å². The third kappa shape index (κ3) is 1.20. The van der Waals surface area contributed by atoms with Gasteiger partial charge < -0.3 is 5.41 Å². The van der Waals surface area contributed by atoms with Gasteiger partial charge in [-0.05, 0) is 6.08 Å². The molecule has 0 aromatic rings. The molecule has 0 amide bonds. The Hall–Kier alpha value is -0.570. The van der Waals surface area contributed by atoms with Gasteiger partial charge >= 0.3 is 0 Å². The summed E-state index contributed by atoms with van der Waals surface area (Å²) >= 11 is 3.98. The zero-order valence-corrected chi connectivity index (χ0v) is 5.15. The van der Waals surface area contributed by atoms with Gasteiger partial charge in [0.25, 0.3) is 0 Å². The quantitative estimate of drug-likeness (QED) is 0.458. The summed E-state index contributed by atoms with van der Waals surface area (Å²) in [4.78, 5) is 3.84. The fourth-order valence-electron chi connectivity index (χ4n) is 0.488. The summed E-state index contributed by atoms with van der Waals surface area (Å²) in [5.74, 6) is 0. The molecule has 1 heterocycles. The summed E-state index contributed by atoms with van der Waals surface area (Å²) in [6.07, 6.45) is 3.84. The van der Waals surface area contributed by atoms with Crippen molar-refractivity contribution in [3.63, 3.8) is 0 Å². The van der Waals surface area contributed by atoms with Crippen LogP contribution in [0.4, 0.5) is 0 Å². The number of nitrogens with one attached hydrogen (secondary N) is 1. The molecule has 0 aromatic carbocycles. The van der Waals surface area contributed by atoms with Crippen molar-refractivity contribution in [1.29, 1.82) is 5.41 Å². The molecule has 0 saturated carbocycles. The molecule has 2 nitrogen and oxygen atoms in total. The highest BCUT2D eigenvalue weighted by Gasteiger charge is 1.98. The van der Waals surface area contributed by atoms with Crippen LogP contribution in [0.1, 0.15) is 6.42 Å². The van der Waals surface area contributed by atoms with Crippen molar-refractivity contribution in [2.24, 2.45) is 4.99 Å². The molecule has 0 saturated heterocycles. The van der Waals surface area contributed by atoms with Crippen LogP contribution in [0.2, 0.25) is 0 Å². The van der Waals surface area contributed by atoms with Crippen LogP contribution in [0.15, 0.2) is 17.3 Å². The van der Waals surface area contributed by atoms with Gasteiger partial charge in [0.15, 0.2) is 0 Å². The van der Waals surface area contributed by atoms with E-state index in [-0.39, 0.29) is 0 Å².